The van der Waals surface area contributed by atoms with Crippen LogP contribution in [0.2, 0.25) is 0 Å². The molecule has 2 heterocycles. The van der Waals surface area contributed by atoms with Crippen molar-refractivity contribution in [1.82, 2.24) is 15.1 Å². The minimum atomic E-state index is 0.122. The van der Waals surface area contributed by atoms with Crippen LogP contribution >= 0.6 is 11.8 Å². The number of hydrogen-bond acceptors (Lipinski definition) is 6. The molecule has 2 fully saturated rings. The van der Waals surface area contributed by atoms with Gasteiger partial charge in [0.15, 0.2) is 0 Å². The van der Waals surface area contributed by atoms with Crippen LogP contribution in [0.25, 0.3) is 0 Å². The average molecular weight is 372 g/mol. The van der Waals surface area contributed by atoms with Crippen molar-refractivity contribution in [3.63, 3.8) is 0 Å². The Balaban J connectivity index is 1.43. The summed E-state index contributed by atoms with van der Waals surface area (Å²) in [5, 5.41) is 11.6. The molecular formula is C19H24N4O2S. The van der Waals surface area contributed by atoms with E-state index in [0.717, 1.165) is 60.1 Å². The maximum Gasteiger partial charge on any atom is 0.254 e. The Kier molecular flexibility index (Phi) is 5.15. The highest BCUT2D eigenvalue weighted by molar-refractivity contribution is 7.99. The molecule has 1 amide bonds. The highest BCUT2D eigenvalue weighted by Crippen LogP contribution is 2.35. The second-order valence-electron chi connectivity index (χ2n) is 6.90. The predicted octanol–water partition coefficient (Wildman–Crippen LogP) is 3.45. The number of nitrogens with one attached hydrogen (secondary N) is 1. The van der Waals surface area contributed by atoms with Crippen molar-refractivity contribution in [2.75, 3.05) is 29.9 Å². The van der Waals surface area contributed by atoms with Crippen LogP contribution in [0.5, 0.6) is 0 Å². The summed E-state index contributed by atoms with van der Waals surface area (Å²) in [5.74, 6) is 3.96. The monoisotopic (exact) mass is 372 g/mol. The van der Waals surface area contributed by atoms with Crippen molar-refractivity contribution in [3.05, 3.63) is 41.1 Å². The third-order valence-corrected chi connectivity index (χ3v) is 6.17. The molecule has 1 saturated carbocycles. The van der Waals surface area contributed by atoms with Crippen LogP contribution in [0.15, 0.2) is 22.6 Å². The van der Waals surface area contributed by atoms with Gasteiger partial charge in [-0.2, -0.15) is 11.8 Å². The van der Waals surface area contributed by atoms with Gasteiger partial charge in [0.25, 0.3) is 5.91 Å². The summed E-state index contributed by atoms with van der Waals surface area (Å²) in [7, 11) is 0. The molecule has 0 unspecified atom stereocenters. The van der Waals surface area contributed by atoms with Crippen molar-refractivity contribution in [2.24, 2.45) is 0 Å². The van der Waals surface area contributed by atoms with Crippen LogP contribution in [0, 0.1) is 6.92 Å². The molecule has 0 spiro atoms. The first kappa shape index (κ1) is 17.4. The van der Waals surface area contributed by atoms with E-state index in [9.17, 15) is 4.79 Å². The Bertz CT molecular complexity index is 782. The zero-order valence-corrected chi connectivity index (χ0v) is 15.8. The van der Waals surface area contributed by atoms with Gasteiger partial charge in [-0.1, -0.05) is 12.5 Å². The van der Waals surface area contributed by atoms with E-state index in [2.05, 4.69) is 15.5 Å². The lowest BCUT2D eigenvalue weighted by atomic mass is 9.85. The number of nitrogens with zero attached hydrogens (tertiary/aromatic N) is 3. The quantitative estimate of drug-likeness (QED) is 0.867. The van der Waals surface area contributed by atoms with E-state index in [1.165, 1.54) is 6.42 Å². The summed E-state index contributed by atoms with van der Waals surface area (Å²) in [6.45, 7) is 4.11. The standard InChI is InChI=1S/C19H24N4O2S/c1-13-15(19(24)23-8-10-26-11-9-23)6-3-7-16(13)20-12-17-21-22-18(25-17)14-4-2-5-14/h3,6-7,14,20H,2,4-5,8-12H2,1H3. The van der Waals surface area contributed by atoms with Crippen molar-refractivity contribution >= 4 is 23.4 Å². The zero-order valence-electron chi connectivity index (χ0n) is 15.0. The van der Waals surface area contributed by atoms with E-state index in [1.807, 2.05) is 41.8 Å². The third kappa shape index (κ3) is 3.58. The SMILES string of the molecule is Cc1c(NCc2nnc(C3CCC3)o2)cccc1C(=O)N1CCSCC1. The first-order valence-electron chi connectivity index (χ1n) is 9.25. The lowest BCUT2D eigenvalue weighted by Gasteiger charge is -2.27. The van der Waals surface area contributed by atoms with E-state index in [1.54, 1.807) is 0 Å². The van der Waals surface area contributed by atoms with Gasteiger partial charge in [-0.25, -0.2) is 0 Å². The van der Waals surface area contributed by atoms with Gasteiger partial charge in [-0.3, -0.25) is 4.79 Å². The fourth-order valence-electron chi connectivity index (χ4n) is 3.32. The summed E-state index contributed by atoms with van der Waals surface area (Å²) in [5.41, 5.74) is 2.67. The highest BCUT2D eigenvalue weighted by Gasteiger charge is 2.25. The fourth-order valence-corrected chi connectivity index (χ4v) is 4.23. The molecule has 4 rings (SSSR count). The van der Waals surface area contributed by atoms with Crippen molar-refractivity contribution < 1.29 is 9.21 Å². The van der Waals surface area contributed by atoms with Crippen molar-refractivity contribution in [3.8, 4) is 0 Å². The van der Waals surface area contributed by atoms with Gasteiger partial charge in [-0.15, -0.1) is 10.2 Å². The number of carbonyl (C=O) groups excluding carboxylic acids is 1. The Labute approximate surface area is 157 Å². The van der Waals surface area contributed by atoms with Gasteiger partial charge in [0, 0.05) is 41.8 Å². The van der Waals surface area contributed by atoms with Crippen LogP contribution < -0.4 is 5.32 Å². The second-order valence-corrected chi connectivity index (χ2v) is 8.12. The van der Waals surface area contributed by atoms with Gasteiger partial charge in [0.05, 0.1) is 6.54 Å². The summed E-state index contributed by atoms with van der Waals surface area (Å²) in [6.07, 6.45) is 3.54. The minimum Gasteiger partial charge on any atom is -0.423 e. The maximum absolute atomic E-state index is 12.8. The summed E-state index contributed by atoms with van der Waals surface area (Å²) >= 11 is 1.90. The number of thioether (sulfide) groups is 1. The van der Waals surface area contributed by atoms with Crippen molar-refractivity contribution in [1.29, 1.82) is 0 Å². The molecule has 0 atom stereocenters. The van der Waals surface area contributed by atoms with E-state index in [0.29, 0.717) is 18.4 Å². The lowest BCUT2D eigenvalue weighted by molar-refractivity contribution is 0.0771. The van der Waals surface area contributed by atoms with E-state index >= 15 is 0 Å². The lowest BCUT2D eigenvalue weighted by Crippen LogP contribution is -2.38. The Morgan fingerprint density at radius 2 is 2.12 bits per heavy atom. The van der Waals surface area contributed by atoms with E-state index in [4.69, 9.17) is 4.42 Å². The van der Waals surface area contributed by atoms with Crippen LogP contribution in [0.4, 0.5) is 5.69 Å². The van der Waals surface area contributed by atoms with Gasteiger partial charge in [0.1, 0.15) is 0 Å². The molecule has 1 aliphatic heterocycles. The Morgan fingerprint density at radius 3 is 2.85 bits per heavy atom. The summed E-state index contributed by atoms with van der Waals surface area (Å²) < 4.78 is 5.76. The number of aromatic nitrogens is 2. The third-order valence-electron chi connectivity index (χ3n) is 5.23. The molecule has 26 heavy (non-hydrogen) atoms. The number of anilines is 1. The molecule has 1 saturated heterocycles. The van der Waals surface area contributed by atoms with E-state index < -0.39 is 0 Å². The molecule has 6 nitrogen and oxygen atoms in total. The van der Waals surface area contributed by atoms with Crippen molar-refractivity contribution in [2.45, 2.75) is 38.6 Å². The molecule has 2 aliphatic rings. The normalized spacial score (nSPS) is 17.8. The molecular weight excluding hydrogens is 348 g/mol. The molecule has 1 aromatic heterocycles. The largest absolute Gasteiger partial charge is 0.423 e. The van der Waals surface area contributed by atoms with Gasteiger partial charge < -0.3 is 14.6 Å². The fraction of sp³-hybridized carbons (Fsp3) is 0.526. The van der Waals surface area contributed by atoms with Crippen LogP contribution in [0.1, 0.15) is 52.9 Å². The molecule has 7 heteroatoms. The summed E-state index contributed by atoms with van der Waals surface area (Å²) in [4.78, 5) is 14.8. The first-order valence-corrected chi connectivity index (χ1v) is 10.4. The molecule has 1 aromatic carbocycles. The van der Waals surface area contributed by atoms with Gasteiger partial charge >= 0.3 is 0 Å². The predicted molar refractivity (Wildman–Crippen MR) is 103 cm³/mol. The summed E-state index contributed by atoms with van der Waals surface area (Å²) in [6, 6.07) is 5.82. The number of amides is 1. The smallest absolute Gasteiger partial charge is 0.254 e. The second kappa shape index (κ2) is 7.70. The molecule has 2 aromatic rings. The molecule has 1 aliphatic carbocycles. The number of hydrogen-bond donors (Lipinski definition) is 1. The maximum atomic E-state index is 12.8. The molecule has 0 bridgehead atoms. The Hall–Kier alpha value is -2.02. The van der Waals surface area contributed by atoms with Gasteiger partial charge in [-0.05, 0) is 37.5 Å². The highest BCUT2D eigenvalue weighted by atomic mass is 32.2. The van der Waals surface area contributed by atoms with Crippen LogP contribution in [-0.2, 0) is 6.54 Å². The molecule has 1 N–H and O–H groups in total. The topological polar surface area (TPSA) is 71.3 Å². The zero-order chi connectivity index (χ0) is 17.9. The van der Waals surface area contributed by atoms with Crippen LogP contribution in [0.3, 0.4) is 0 Å². The first-order chi connectivity index (χ1) is 12.7. The average Bonchev–Trinajstić information content (AvgIpc) is 3.08. The molecule has 138 valence electrons. The number of carbonyl (C=O) groups is 1. The molecule has 0 radical (unpaired) electrons. The number of benzene rings is 1. The number of rotatable bonds is 5. The van der Waals surface area contributed by atoms with E-state index in [-0.39, 0.29) is 5.91 Å². The van der Waals surface area contributed by atoms with Gasteiger partial charge in [0.2, 0.25) is 11.8 Å². The van der Waals surface area contributed by atoms with Crippen LogP contribution in [-0.4, -0.2) is 45.6 Å². The minimum absolute atomic E-state index is 0.122. The Morgan fingerprint density at radius 1 is 1.31 bits per heavy atom.